The summed E-state index contributed by atoms with van der Waals surface area (Å²) in [5.41, 5.74) is 9.18. The Morgan fingerprint density at radius 1 is 1.64 bits per heavy atom. The molecular weight excluding hydrogens is 180 g/mol. The number of nitrogens with two attached hydrogens (primary N) is 1. The highest BCUT2D eigenvalue weighted by molar-refractivity contribution is 5.88. The van der Waals surface area contributed by atoms with Crippen LogP contribution in [0.4, 0.5) is 0 Å². The molecule has 1 atom stereocenters. The average molecular weight is 194 g/mol. The van der Waals surface area contributed by atoms with E-state index < -0.39 is 5.97 Å². The minimum absolute atomic E-state index is 0.179. The lowest BCUT2D eigenvalue weighted by Gasteiger charge is -2.18. The number of nitrogens with one attached hydrogen (secondary N) is 1. The molecule has 1 aliphatic carbocycles. The molecule has 0 radical (unpaired) electrons. The minimum Gasteiger partial charge on any atom is -0.477 e. The number of hydrogen-bond donors (Lipinski definition) is 3. The second-order valence-corrected chi connectivity index (χ2v) is 3.89. The van der Waals surface area contributed by atoms with Crippen molar-refractivity contribution in [2.24, 2.45) is 5.73 Å². The number of rotatable bonds is 1. The maximum Gasteiger partial charge on any atom is 0.352 e. The summed E-state index contributed by atoms with van der Waals surface area (Å²) in [7, 11) is 0. The van der Waals surface area contributed by atoms with E-state index in [1.807, 2.05) is 6.92 Å². The Hall–Kier alpha value is -1.29. The zero-order valence-corrected chi connectivity index (χ0v) is 8.13. The molecular formula is C10H14N2O2. The van der Waals surface area contributed by atoms with Gasteiger partial charge in [0.05, 0.1) is 0 Å². The number of carbonyl (C=O) groups is 1. The van der Waals surface area contributed by atoms with Gasteiger partial charge in [0.2, 0.25) is 0 Å². The maximum atomic E-state index is 10.9. The summed E-state index contributed by atoms with van der Waals surface area (Å²) < 4.78 is 0. The Balaban J connectivity index is 2.46. The van der Waals surface area contributed by atoms with Crippen LogP contribution in [0.25, 0.3) is 0 Å². The van der Waals surface area contributed by atoms with Crippen molar-refractivity contribution < 1.29 is 9.90 Å². The van der Waals surface area contributed by atoms with Crippen LogP contribution < -0.4 is 5.73 Å². The summed E-state index contributed by atoms with van der Waals surface area (Å²) in [5, 5.41) is 8.92. The van der Waals surface area contributed by atoms with Gasteiger partial charge in [-0.2, -0.15) is 0 Å². The van der Waals surface area contributed by atoms with Crippen LogP contribution in [-0.4, -0.2) is 22.1 Å². The molecule has 1 aliphatic rings. The van der Waals surface area contributed by atoms with Gasteiger partial charge in [-0.25, -0.2) is 4.79 Å². The lowest BCUT2D eigenvalue weighted by atomic mass is 9.91. The van der Waals surface area contributed by atoms with Crippen LogP contribution >= 0.6 is 0 Å². The summed E-state index contributed by atoms with van der Waals surface area (Å²) in [5.74, 6) is -0.884. The standard InChI is InChI=1S/C10H14N2O2/c1-5-7-4-6(11)2-3-8(7)12-9(5)10(13)14/h6,12H,2-4,11H2,1H3,(H,13,14). The highest BCUT2D eigenvalue weighted by atomic mass is 16.4. The lowest BCUT2D eigenvalue weighted by molar-refractivity contribution is 0.0690. The summed E-state index contributed by atoms with van der Waals surface area (Å²) >= 11 is 0. The van der Waals surface area contributed by atoms with E-state index in [2.05, 4.69) is 4.98 Å². The number of aryl methyl sites for hydroxylation is 1. The van der Waals surface area contributed by atoms with Crippen LogP contribution in [-0.2, 0) is 12.8 Å². The Kier molecular flexibility index (Phi) is 2.07. The van der Waals surface area contributed by atoms with Crippen LogP contribution in [0.3, 0.4) is 0 Å². The molecule has 14 heavy (non-hydrogen) atoms. The molecule has 0 spiro atoms. The van der Waals surface area contributed by atoms with E-state index >= 15 is 0 Å². The fourth-order valence-corrected chi connectivity index (χ4v) is 2.09. The van der Waals surface area contributed by atoms with E-state index in [1.54, 1.807) is 0 Å². The van der Waals surface area contributed by atoms with Crippen molar-refractivity contribution in [3.05, 3.63) is 22.5 Å². The molecule has 0 fully saturated rings. The van der Waals surface area contributed by atoms with Crippen LogP contribution in [0.2, 0.25) is 0 Å². The third kappa shape index (κ3) is 1.32. The Morgan fingerprint density at radius 2 is 2.36 bits per heavy atom. The first-order chi connectivity index (χ1) is 6.59. The molecule has 1 aromatic rings. The number of aromatic amines is 1. The van der Waals surface area contributed by atoms with Gasteiger partial charge in [-0.15, -0.1) is 0 Å². The number of aromatic carboxylic acids is 1. The molecule has 0 aromatic carbocycles. The van der Waals surface area contributed by atoms with Crippen molar-refractivity contribution in [2.45, 2.75) is 32.2 Å². The van der Waals surface area contributed by atoms with Gasteiger partial charge in [0.1, 0.15) is 5.69 Å². The van der Waals surface area contributed by atoms with Gasteiger partial charge in [-0.05, 0) is 37.3 Å². The summed E-state index contributed by atoms with van der Waals surface area (Å²) in [6.07, 6.45) is 2.60. The molecule has 0 aliphatic heterocycles. The highest BCUT2D eigenvalue weighted by Crippen LogP contribution is 2.25. The zero-order valence-electron chi connectivity index (χ0n) is 8.13. The first-order valence-corrected chi connectivity index (χ1v) is 4.78. The topological polar surface area (TPSA) is 79.1 Å². The van der Waals surface area contributed by atoms with Crippen LogP contribution in [0.5, 0.6) is 0 Å². The predicted octanol–water partition coefficient (Wildman–Crippen LogP) is 0.837. The van der Waals surface area contributed by atoms with E-state index in [-0.39, 0.29) is 6.04 Å². The molecule has 76 valence electrons. The number of carboxylic acid groups (broad SMARTS) is 1. The fraction of sp³-hybridized carbons (Fsp3) is 0.500. The Bertz CT molecular complexity index is 382. The third-order valence-corrected chi connectivity index (χ3v) is 2.91. The number of fused-ring (bicyclic) bond motifs is 1. The van der Waals surface area contributed by atoms with E-state index in [0.717, 1.165) is 36.1 Å². The smallest absolute Gasteiger partial charge is 0.352 e. The zero-order chi connectivity index (χ0) is 10.3. The van der Waals surface area contributed by atoms with Crippen molar-refractivity contribution in [3.8, 4) is 0 Å². The van der Waals surface area contributed by atoms with Crippen molar-refractivity contribution in [2.75, 3.05) is 0 Å². The van der Waals surface area contributed by atoms with Crippen molar-refractivity contribution in [1.29, 1.82) is 0 Å². The maximum absolute atomic E-state index is 10.9. The molecule has 1 aromatic heterocycles. The van der Waals surface area contributed by atoms with Crippen molar-refractivity contribution in [1.82, 2.24) is 4.98 Å². The molecule has 4 nitrogen and oxygen atoms in total. The molecule has 2 rings (SSSR count). The van der Waals surface area contributed by atoms with Gasteiger partial charge in [0.15, 0.2) is 0 Å². The summed E-state index contributed by atoms with van der Waals surface area (Å²) in [6, 6.07) is 0.179. The van der Waals surface area contributed by atoms with E-state index in [9.17, 15) is 4.79 Å². The first kappa shape index (κ1) is 9.27. The van der Waals surface area contributed by atoms with Gasteiger partial charge in [0.25, 0.3) is 0 Å². The summed E-state index contributed by atoms with van der Waals surface area (Å²) in [4.78, 5) is 13.8. The van der Waals surface area contributed by atoms with Crippen molar-refractivity contribution in [3.63, 3.8) is 0 Å². The van der Waals surface area contributed by atoms with Gasteiger partial charge >= 0.3 is 5.97 Å². The molecule has 0 amide bonds. The first-order valence-electron chi connectivity index (χ1n) is 4.78. The van der Waals surface area contributed by atoms with Crippen LogP contribution in [0.1, 0.15) is 33.7 Å². The molecule has 4 heteroatoms. The second-order valence-electron chi connectivity index (χ2n) is 3.89. The SMILES string of the molecule is Cc1c(C(=O)O)[nH]c2c1CC(N)CC2. The molecule has 4 N–H and O–H groups in total. The van der Waals surface area contributed by atoms with Crippen LogP contribution in [0, 0.1) is 6.92 Å². The minimum atomic E-state index is -0.884. The number of H-pyrrole nitrogens is 1. The molecule has 1 unspecified atom stereocenters. The summed E-state index contributed by atoms with van der Waals surface area (Å²) in [6.45, 7) is 1.84. The number of carboxylic acids is 1. The Labute approximate surface area is 82.1 Å². The molecule has 0 bridgehead atoms. The normalized spacial score (nSPS) is 20.6. The van der Waals surface area contributed by atoms with E-state index in [4.69, 9.17) is 10.8 Å². The largest absolute Gasteiger partial charge is 0.477 e. The fourth-order valence-electron chi connectivity index (χ4n) is 2.09. The van der Waals surface area contributed by atoms with Gasteiger partial charge in [0, 0.05) is 11.7 Å². The third-order valence-electron chi connectivity index (χ3n) is 2.91. The quantitative estimate of drug-likeness (QED) is 0.619. The monoisotopic (exact) mass is 194 g/mol. The van der Waals surface area contributed by atoms with E-state index in [0.29, 0.717) is 5.69 Å². The number of aromatic nitrogens is 1. The van der Waals surface area contributed by atoms with Crippen molar-refractivity contribution >= 4 is 5.97 Å². The van der Waals surface area contributed by atoms with Gasteiger partial charge in [-0.1, -0.05) is 0 Å². The van der Waals surface area contributed by atoms with E-state index in [1.165, 1.54) is 0 Å². The van der Waals surface area contributed by atoms with Gasteiger partial charge < -0.3 is 15.8 Å². The Morgan fingerprint density at radius 3 is 3.00 bits per heavy atom. The van der Waals surface area contributed by atoms with Gasteiger partial charge in [-0.3, -0.25) is 0 Å². The molecule has 1 heterocycles. The average Bonchev–Trinajstić information content (AvgIpc) is 2.44. The van der Waals surface area contributed by atoms with Crippen LogP contribution in [0.15, 0.2) is 0 Å². The lowest BCUT2D eigenvalue weighted by Crippen LogP contribution is -2.27. The molecule has 0 saturated heterocycles. The second kappa shape index (κ2) is 3.13. The molecule has 0 saturated carbocycles. The predicted molar refractivity (Wildman–Crippen MR) is 52.5 cm³/mol. The number of hydrogen-bond acceptors (Lipinski definition) is 2. The highest BCUT2D eigenvalue weighted by Gasteiger charge is 2.23.